The number of aryl methyl sites for hydroxylation is 1. The van der Waals surface area contributed by atoms with Crippen LogP contribution in [0.2, 0.25) is 0 Å². The molecule has 0 saturated carbocycles. The molecule has 6 heteroatoms. The number of phenols is 1. The topological polar surface area (TPSA) is 66.8 Å². The number of rotatable bonds is 4. The van der Waals surface area contributed by atoms with E-state index in [0.29, 0.717) is 16.2 Å². The Morgan fingerprint density at radius 3 is 2.52 bits per heavy atom. The van der Waals surface area contributed by atoms with Gasteiger partial charge in [0.2, 0.25) is 0 Å². The highest BCUT2D eigenvalue weighted by molar-refractivity contribution is 8.18. The minimum absolute atomic E-state index is 0.0184. The van der Waals surface area contributed by atoms with Gasteiger partial charge >= 0.3 is 0 Å². The quantitative estimate of drug-likeness (QED) is 0.841. The second kappa shape index (κ2) is 7.03. The number of carbonyl (C=O) groups is 2. The van der Waals surface area contributed by atoms with Crippen molar-refractivity contribution in [3.8, 4) is 11.5 Å². The molecule has 1 aliphatic rings. The lowest BCUT2D eigenvalue weighted by atomic mass is 10.1. The average molecular weight is 355 g/mol. The molecule has 0 aromatic heterocycles. The van der Waals surface area contributed by atoms with Gasteiger partial charge in [0.15, 0.2) is 11.5 Å². The van der Waals surface area contributed by atoms with E-state index in [4.69, 9.17) is 4.74 Å². The molecule has 2 aromatic carbocycles. The number of phenolic OH excluding ortho intramolecular Hbond substituents is 1. The van der Waals surface area contributed by atoms with E-state index < -0.39 is 0 Å². The molecule has 0 radical (unpaired) electrons. The van der Waals surface area contributed by atoms with Crippen LogP contribution in [0.15, 0.2) is 47.4 Å². The first kappa shape index (κ1) is 17.1. The van der Waals surface area contributed by atoms with E-state index in [-0.39, 0.29) is 23.4 Å². The normalized spacial score (nSPS) is 15.9. The summed E-state index contributed by atoms with van der Waals surface area (Å²) in [6, 6.07) is 12.5. The third kappa shape index (κ3) is 3.69. The summed E-state index contributed by atoms with van der Waals surface area (Å²) < 4.78 is 4.99. The van der Waals surface area contributed by atoms with Gasteiger partial charge in [-0.2, -0.15) is 0 Å². The predicted molar refractivity (Wildman–Crippen MR) is 97.4 cm³/mol. The molecule has 5 nitrogen and oxygen atoms in total. The van der Waals surface area contributed by atoms with Crippen LogP contribution in [0, 0.1) is 6.92 Å². The number of hydrogen-bond acceptors (Lipinski definition) is 5. The smallest absolute Gasteiger partial charge is 0.293 e. The van der Waals surface area contributed by atoms with Gasteiger partial charge in [-0.1, -0.05) is 35.9 Å². The zero-order chi connectivity index (χ0) is 18.0. The largest absolute Gasteiger partial charge is 0.504 e. The molecule has 0 unspecified atom stereocenters. The van der Waals surface area contributed by atoms with E-state index in [9.17, 15) is 14.7 Å². The van der Waals surface area contributed by atoms with Crippen LogP contribution in [-0.4, -0.2) is 28.3 Å². The zero-order valence-corrected chi connectivity index (χ0v) is 14.7. The number of imide groups is 1. The molecule has 0 spiro atoms. The van der Waals surface area contributed by atoms with Crippen molar-refractivity contribution >= 4 is 29.0 Å². The number of hydrogen-bond donors (Lipinski definition) is 1. The van der Waals surface area contributed by atoms with Crippen LogP contribution in [0.4, 0.5) is 4.79 Å². The molecular formula is C19H17NO4S. The van der Waals surface area contributed by atoms with E-state index in [1.165, 1.54) is 18.1 Å². The SMILES string of the molecule is COc1ccc(/C=C2/SC(=O)N(Cc3ccc(C)cc3)C2=O)cc1O. The van der Waals surface area contributed by atoms with Crippen molar-refractivity contribution in [2.45, 2.75) is 13.5 Å². The summed E-state index contributed by atoms with van der Waals surface area (Å²) in [5.41, 5.74) is 2.65. The van der Waals surface area contributed by atoms with Crippen LogP contribution in [0.25, 0.3) is 6.08 Å². The number of methoxy groups -OCH3 is 1. The van der Waals surface area contributed by atoms with Crippen LogP contribution in [0.3, 0.4) is 0 Å². The number of aromatic hydroxyl groups is 1. The van der Waals surface area contributed by atoms with Crippen molar-refractivity contribution in [1.29, 1.82) is 0 Å². The van der Waals surface area contributed by atoms with Crippen molar-refractivity contribution in [2.75, 3.05) is 7.11 Å². The molecule has 0 aliphatic carbocycles. The van der Waals surface area contributed by atoms with Gasteiger partial charge in [-0.3, -0.25) is 14.5 Å². The van der Waals surface area contributed by atoms with Gasteiger partial charge in [-0.15, -0.1) is 0 Å². The molecule has 1 aliphatic heterocycles. The first-order valence-electron chi connectivity index (χ1n) is 7.66. The Balaban J connectivity index is 1.80. The number of benzene rings is 2. The fourth-order valence-corrected chi connectivity index (χ4v) is 3.30. The maximum Gasteiger partial charge on any atom is 0.293 e. The van der Waals surface area contributed by atoms with E-state index in [2.05, 4.69) is 0 Å². The average Bonchev–Trinajstić information content (AvgIpc) is 2.84. The third-order valence-electron chi connectivity index (χ3n) is 3.84. The van der Waals surface area contributed by atoms with Gasteiger partial charge < -0.3 is 9.84 Å². The lowest BCUT2D eigenvalue weighted by Crippen LogP contribution is -2.27. The molecule has 1 N–H and O–H groups in total. The van der Waals surface area contributed by atoms with Crippen molar-refractivity contribution in [3.63, 3.8) is 0 Å². The highest BCUT2D eigenvalue weighted by Gasteiger charge is 2.34. The van der Waals surface area contributed by atoms with E-state index in [1.807, 2.05) is 31.2 Å². The van der Waals surface area contributed by atoms with Crippen LogP contribution in [-0.2, 0) is 11.3 Å². The Hall–Kier alpha value is -2.73. The minimum Gasteiger partial charge on any atom is -0.504 e. The Labute approximate surface area is 149 Å². The van der Waals surface area contributed by atoms with Gasteiger partial charge in [0.1, 0.15) is 0 Å². The minimum atomic E-state index is -0.328. The maximum atomic E-state index is 12.5. The number of ether oxygens (including phenoxy) is 1. The van der Waals surface area contributed by atoms with Crippen molar-refractivity contribution in [3.05, 3.63) is 64.1 Å². The first-order valence-corrected chi connectivity index (χ1v) is 8.47. The standard InChI is InChI=1S/C19H17NO4S/c1-12-3-5-13(6-4-12)11-20-18(22)17(25-19(20)23)10-14-7-8-16(24-2)15(21)9-14/h3-10,21H,11H2,1-2H3/b17-10+. The summed E-state index contributed by atoms with van der Waals surface area (Å²) in [6.07, 6.45) is 1.60. The van der Waals surface area contributed by atoms with Gasteiger partial charge in [-0.25, -0.2) is 0 Å². The first-order chi connectivity index (χ1) is 12.0. The molecule has 1 heterocycles. The predicted octanol–water partition coefficient (Wildman–Crippen LogP) is 3.95. The van der Waals surface area contributed by atoms with E-state index >= 15 is 0 Å². The Morgan fingerprint density at radius 2 is 1.88 bits per heavy atom. The molecule has 1 saturated heterocycles. The Kier molecular flexibility index (Phi) is 4.81. The molecule has 3 rings (SSSR count). The van der Waals surface area contributed by atoms with Gasteiger partial charge in [0.05, 0.1) is 18.6 Å². The van der Waals surface area contributed by atoms with E-state index in [1.54, 1.807) is 18.2 Å². The zero-order valence-electron chi connectivity index (χ0n) is 13.9. The van der Waals surface area contributed by atoms with Crippen LogP contribution in [0.5, 0.6) is 11.5 Å². The van der Waals surface area contributed by atoms with Gasteiger partial charge in [0, 0.05) is 0 Å². The van der Waals surface area contributed by atoms with Gasteiger partial charge in [-0.05, 0) is 48.0 Å². The molecule has 0 bridgehead atoms. The summed E-state index contributed by atoms with van der Waals surface area (Å²) in [5, 5.41) is 9.53. The Morgan fingerprint density at radius 1 is 1.16 bits per heavy atom. The van der Waals surface area contributed by atoms with Crippen molar-refractivity contribution < 1.29 is 19.4 Å². The highest BCUT2D eigenvalue weighted by Crippen LogP contribution is 2.34. The highest BCUT2D eigenvalue weighted by atomic mass is 32.2. The molecule has 2 aromatic rings. The third-order valence-corrected chi connectivity index (χ3v) is 4.74. The summed E-state index contributed by atoms with van der Waals surface area (Å²) in [6.45, 7) is 2.23. The molecule has 1 fully saturated rings. The van der Waals surface area contributed by atoms with Crippen LogP contribution >= 0.6 is 11.8 Å². The summed E-state index contributed by atoms with van der Waals surface area (Å²) in [5.74, 6) is 0.00522. The number of carbonyl (C=O) groups excluding carboxylic acids is 2. The second-order valence-corrected chi connectivity index (χ2v) is 6.68. The van der Waals surface area contributed by atoms with Crippen molar-refractivity contribution in [1.82, 2.24) is 4.90 Å². The lowest BCUT2D eigenvalue weighted by molar-refractivity contribution is -0.123. The number of thioether (sulfide) groups is 1. The second-order valence-electron chi connectivity index (χ2n) is 5.68. The number of amides is 2. The summed E-state index contributed by atoms with van der Waals surface area (Å²) in [4.78, 5) is 26.3. The molecule has 2 amide bonds. The molecule has 128 valence electrons. The Bertz CT molecular complexity index is 858. The van der Waals surface area contributed by atoms with Gasteiger partial charge in [0.25, 0.3) is 11.1 Å². The van der Waals surface area contributed by atoms with Crippen LogP contribution in [0.1, 0.15) is 16.7 Å². The molecule has 0 atom stereocenters. The maximum absolute atomic E-state index is 12.5. The van der Waals surface area contributed by atoms with Crippen LogP contribution < -0.4 is 4.74 Å². The summed E-state index contributed by atoms with van der Waals surface area (Å²) >= 11 is 0.900. The summed E-state index contributed by atoms with van der Waals surface area (Å²) in [7, 11) is 1.46. The van der Waals surface area contributed by atoms with Crippen molar-refractivity contribution in [2.24, 2.45) is 0 Å². The fraction of sp³-hybridized carbons (Fsp3) is 0.158. The lowest BCUT2D eigenvalue weighted by Gasteiger charge is -2.12. The van der Waals surface area contributed by atoms with E-state index in [0.717, 1.165) is 22.9 Å². The molecular weight excluding hydrogens is 338 g/mol. The monoisotopic (exact) mass is 355 g/mol. The fourth-order valence-electron chi connectivity index (χ4n) is 2.46. The molecule has 25 heavy (non-hydrogen) atoms. The number of nitrogens with zero attached hydrogens (tertiary/aromatic N) is 1.